The molecule has 0 aliphatic carbocycles. The second-order valence-corrected chi connectivity index (χ2v) is 5.71. The summed E-state index contributed by atoms with van der Waals surface area (Å²) in [5.74, 6) is 2.06. The molecule has 11 heavy (non-hydrogen) atoms. The highest BCUT2D eigenvalue weighted by Gasteiger charge is 2.32. The molecule has 1 nitrogen and oxygen atoms in total. The number of hydrogen-bond donors (Lipinski definition) is 1. The molecule has 2 unspecified atom stereocenters. The molecule has 1 fully saturated rings. The van der Waals surface area contributed by atoms with E-state index in [4.69, 9.17) is 0 Å². The van der Waals surface area contributed by atoms with E-state index >= 15 is 0 Å². The van der Waals surface area contributed by atoms with Gasteiger partial charge in [-0.25, -0.2) is 0 Å². The van der Waals surface area contributed by atoms with Crippen LogP contribution in [0.15, 0.2) is 0 Å². The van der Waals surface area contributed by atoms with E-state index < -0.39 is 0 Å². The highest BCUT2D eigenvalue weighted by molar-refractivity contribution is 8.00. The average Bonchev–Trinajstić information content (AvgIpc) is 2.08. The lowest BCUT2D eigenvalue weighted by molar-refractivity contribution is 0.401. The van der Waals surface area contributed by atoms with Gasteiger partial charge < -0.3 is 0 Å². The van der Waals surface area contributed by atoms with Crippen LogP contribution in [0.25, 0.3) is 0 Å². The summed E-state index contributed by atoms with van der Waals surface area (Å²) >= 11 is 2.07. The predicted molar refractivity (Wildman–Crippen MR) is 52.9 cm³/mol. The third kappa shape index (κ3) is 2.68. The molecule has 0 aromatic carbocycles. The highest BCUT2D eigenvalue weighted by Crippen LogP contribution is 2.34. The van der Waals surface area contributed by atoms with Gasteiger partial charge in [0.2, 0.25) is 0 Å². The zero-order valence-electron chi connectivity index (χ0n) is 7.98. The Labute approximate surface area is 74.3 Å². The molecule has 1 aliphatic rings. The molecule has 0 saturated carbocycles. The van der Waals surface area contributed by atoms with Crippen LogP contribution in [-0.4, -0.2) is 16.7 Å². The van der Waals surface area contributed by atoms with Crippen molar-refractivity contribution in [2.24, 2.45) is 5.92 Å². The van der Waals surface area contributed by atoms with Crippen LogP contribution in [0, 0.1) is 5.92 Å². The smallest absolute Gasteiger partial charge is 0.0622 e. The van der Waals surface area contributed by atoms with Crippen molar-refractivity contribution in [1.82, 2.24) is 5.32 Å². The van der Waals surface area contributed by atoms with Crippen LogP contribution in [0.4, 0.5) is 0 Å². The predicted octanol–water partition coefficient (Wildman–Crippen LogP) is 2.47. The number of thioether (sulfide) groups is 1. The Morgan fingerprint density at radius 1 is 1.64 bits per heavy atom. The summed E-state index contributed by atoms with van der Waals surface area (Å²) in [7, 11) is 0. The van der Waals surface area contributed by atoms with Gasteiger partial charge in [0, 0.05) is 11.8 Å². The number of nitrogens with one attached hydrogen (secondary N) is 1. The van der Waals surface area contributed by atoms with E-state index in [1.165, 1.54) is 12.2 Å². The topological polar surface area (TPSA) is 12.0 Å². The summed E-state index contributed by atoms with van der Waals surface area (Å²) < 4.78 is 0. The first kappa shape index (κ1) is 9.40. The second kappa shape index (κ2) is 3.36. The van der Waals surface area contributed by atoms with Crippen LogP contribution in [0.1, 0.15) is 34.1 Å². The van der Waals surface area contributed by atoms with Crippen LogP contribution >= 0.6 is 11.8 Å². The Morgan fingerprint density at radius 3 is 2.64 bits per heavy atom. The van der Waals surface area contributed by atoms with Gasteiger partial charge in [-0.15, -0.1) is 11.8 Å². The van der Waals surface area contributed by atoms with Crippen molar-refractivity contribution in [1.29, 1.82) is 0 Å². The largest absolute Gasteiger partial charge is 0.300 e. The molecular formula is C9H19NS. The SMILES string of the molecule is CC(C)CC1(C)NC(C)CS1. The average molecular weight is 173 g/mol. The Bertz CT molecular complexity index is 136. The van der Waals surface area contributed by atoms with E-state index in [1.807, 2.05) is 0 Å². The maximum atomic E-state index is 3.62. The van der Waals surface area contributed by atoms with E-state index in [1.54, 1.807) is 0 Å². The normalized spacial score (nSPS) is 38.5. The summed E-state index contributed by atoms with van der Waals surface area (Å²) in [6.45, 7) is 9.16. The van der Waals surface area contributed by atoms with Gasteiger partial charge in [-0.3, -0.25) is 5.32 Å². The summed E-state index contributed by atoms with van der Waals surface area (Å²) in [6.07, 6.45) is 1.28. The van der Waals surface area contributed by atoms with Gasteiger partial charge in [0.1, 0.15) is 0 Å². The quantitative estimate of drug-likeness (QED) is 0.688. The Balaban J connectivity index is 2.42. The molecule has 1 N–H and O–H groups in total. The van der Waals surface area contributed by atoms with Crippen molar-refractivity contribution < 1.29 is 0 Å². The molecule has 2 heteroatoms. The fourth-order valence-electron chi connectivity index (χ4n) is 1.81. The minimum atomic E-state index is 0.355. The lowest BCUT2D eigenvalue weighted by atomic mass is 10.0. The number of hydrogen-bond acceptors (Lipinski definition) is 2. The van der Waals surface area contributed by atoms with E-state index in [0.717, 1.165) is 5.92 Å². The minimum absolute atomic E-state index is 0.355. The van der Waals surface area contributed by atoms with Gasteiger partial charge in [0.05, 0.1) is 4.87 Å². The first-order valence-electron chi connectivity index (χ1n) is 4.43. The monoisotopic (exact) mass is 173 g/mol. The molecule has 0 aromatic rings. The van der Waals surface area contributed by atoms with Crippen molar-refractivity contribution >= 4 is 11.8 Å². The van der Waals surface area contributed by atoms with E-state index in [2.05, 4.69) is 44.8 Å². The van der Waals surface area contributed by atoms with Crippen LogP contribution < -0.4 is 5.32 Å². The fraction of sp³-hybridized carbons (Fsp3) is 1.00. The van der Waals surface area contributed by atoms with E-state index in [-0.39, 0.29) is 0 Å². The van der Waals surface area contributed by atoms with E-state index in [0.29, 0.717) is 10.9 Å². The molecule has 0 amide bonds. The van der Waals surface area contributed by atoms with Crippen molar-refractivity contribution in [3.8, 4) is 0 Å². The Hall–Kier alpha value is 0.310. The summed E-state index contributed by atoms with van der Waals surface area (Å²) in [6, 6.07) is 0.698. The summed E-state index contributed by atoms with van der Waals surface area (Å²) in [5, 5.41) is 3.62. The lowest BCUT2D eigenvalue weighted by Gasteiger charge is -2.26. The minimum Gasteiger partial charge on any atom is -0.300 e. The highest BCUT2D eigenvalue weighted by atomic mass is 32.2. The van der Waals surface area contributed by atoms with Gasteiger partial charge >= 0.3 is 0 Å². The van der Waals surface area contributed by atoms with Gasteiger partial charge in [0.15, 0.2) is 0 Å². The van der Waals surface area contributed by atoms with Gasteiger partial charge in [0.25, 0.3) is 0 Å². The van der Waals surface area contributed by atoms with E-state index in [9.17, 15) is 0 Å². The zero-order chi connectivity index (χ0) is 8.48. The van der Waals surface area contributed by atoms with Crippen LogP contribution in [-0.2, 0) is 0 Å². The third-order valence-corrected chi connectivity index (χ3v) is 3.59. The summed E-state index contributed by atoms with van der Waals surface area (Å²) in [5.41, 5.74) is 0. The molecular weight excluding hydrogens is 154 g/mol. The number of rotatable bonds is 2. The van der Waals surface area contributed by atoms with Gasteiger partial charge in [-0.05, 0) is 26.2 Å². The Morgan fingerprint density at radius 2 is 2.27 bits per heavy atom. The maximum Gasteiger partial charge on any atom is 0.0622 e. The first-order chi connectivity index (χ1) is 5.02. The second-order valence-electron chi connectivity index (χ2n) is 4.19. The van der Waals surface area contributed by atoms with Crippen molar-refractivity contribution in [2.75, 3.05) is 5.75 Å². The lowest BCUT2D eigenvalue weighted by Crippen LogP contribution is -2.38. The molecule has 1 aliphatic heterocycles. The first-order valence-corrected chi connectivity index (χ1v) is 5.42. The molecule has 66 valence electrons. The third-order valence-electron chi connectivity index (χ3n) is 2.00. The van der Waals surface area contributed by atoms with Crippen molar-refractivity contribution in [2.45, 2.75) is 45.0 Å². The Kier molecular flexibility index (Phi) is 2.87. The van der Waals surface area contributed by atoms with Crippen molar-refractivity contribution in [3.63, 3.8) is 0 Å². The van der Waals surface area contributed by atoms with Crippen LogP contribution in [0.5, 0.6) is 0 Å². The van der Waals surface area contributed by atoms with Crippen LogP contribution in [0.3, 0.4) is 0 Å². The molecule has 1 saturated heterocycles. The molecule has 1 heterocycles. The standard InChI is InChI=1S/C9H19NS/c1-7(2)5-9(4)10-8(3)6-11-9/h7-8,10H,5-6H2,1-4H3. The molecule has 0 aromatic heterocycles. The molecule has 1 rings (SSSR count). The fourth-order valence-corrected chi connectivity index (χ4v) is 3.25. The molecule has 0 spiro atoms. The zero-order valence-corrected chi connectivity index (χ0v) is 8.79. The van der Waals surface area contributed by atoms with Crippen LogP contribution in [0.2, 0.25) is 0 Å². The summed E-state index contributed by atoms with van der Waals surface area (Å²) in [4.78, 5) is 0.355. The van der Waals surface area contributed by atoms with Crippen molar-refractivity contribution in [3.05, 3.63) is 0 Å². The van der Waals surface area contributed by atoms with Gasteiger partial charge in [-0.1, -0.05) is 13.8 Å². The molecule has 2 atom stereocenters. The maximum absolute atomic E-state index is 3.62. The molecule has 0 radical (unpaired) electrons. The van der Waals surface area contributed by atoms with Gasteiger partial charge in [-0.2, -0.15) is 0 Å². The molecule has 0 bridgehead atoms.